The summed E-state index contributed by atoms with van der Waals surface area (Å²) in [5.41, 5.74) is -29.9. The second-order valence-electron chi connectivity index (χ2n) is 17.6. The molecule has 8 aromatic rings. The van der Waals surface area contributed by atoms with Crippen LogP contribution < -0.4 is 27.5 Å². The molecule has 0 fully saturated rings. The van der Waals surface area contributed by atoms with Gasteiger partial charge in [0.2, 0.25) is 0 Å². The lowest BCUT2D eigenvalue weighted by molar-refractivity contribution is -0.144. The highest BCUT2D eigenvalue weighted by Crippen LogP contribution is 2.42. The lowest BCUT2D eigenvalue weighted by Gasteiger charge is -2.46. The first-order chi connectivity index (χ1) is 37.1. The maximum absolute atomic E-state index is 14.2. The van der Waals surface area contributed by atoms with Gasteiger partial charge in [-0.15, -0.1) is 0 Å². The van der Waals surface area contributed by atoms with E-state index in [1.165, 1.54) is 15.9 Å². The summed E-state index contributed by atoms with van der Waals surface area (Å²) in [6, 6.07) is 21.4. The summed E-state index contributed by atoms with van der Waals surface area (Å²) in [6.45, 7) is 0. The monoisotopic (exact) mass is 1190 g/mol. The largest absolute Gasteiger partial charge is 0.423 e. The van der Waals surface area contributed by atoms with Gasteiger partial charge in [-0.05, 0) is 66.7 Å². The molecule has 7 aromatic carbocycles. The molecule has 0 aliphatic rings. The minimum atomic E-state index is -6.13. The molecule has 0 amide bonds. The van der Waals surface area contributed by atoms with E-state index in [-0.39, 0.29) is 16.5 Å². The molecule has 8 rings (SSSR count). The predicted octanol–water partition coefficient (Wildman–Crippen LogP) is 16.1. The molecule has 0 saturated carbocycles. The SMILES string of the molecule is FC(F)(F)c1cc([B-](c2cc(C(F)(F)F)cc(C(F)(F)F)c2)(c2cc(C(F)(F)F)cc(C(F)(F)F)c2)c2cc(C(F)(F)F)cc(C(F)(F)F)c2)cc(C(F)(F)F)c1.O=c1ccc2ccc([S+](c3ccccc3)c3ccccc3)cc2o1. The molecule has 0 unspecified atom stereocenters. The summed E-state index contributed by atoms with van der Waals surface area (Å²) < 4.78 is 346. The third kappa shape index (κ3) is 13.6. The quantitative estimate of drug-likeness (QED) is 0.0689. The third-order valence-electron chi connectivity index (χ3n) is 12.2. The number of rotatable bonds is 7. The van der Waals surface area contributed by atoms with Crippen LogP contribution in [-0.2, 0) is 60.3 Å². The van der Waals surface area contributed by atoms with Gasteiger partial charge in [0.15, 0.2) is 14.7 Å². The first-order valence-electron chi connectivity index (χ1n) is 22.3. The van der Waals surface area contributed by atoms with Gasteiger partial charge in [0, 0.05) is 17.5 Å². The Labute approximate surface area is 441 Å². The molecule has 0 bridgehead atoms. The normalized spacial score (nSPS) is 13.3. The zero-order valence-electron chi connectivity index (χ0n) is 39.5. The summed E-state index contributed by atoms with van der Waals surface area (Å²) in [6.07, 6.45) is -54.8. The lowest BCUT2D eigenvalue weighted by atomic mass is 9.12. The molecule has 0 radical (unpaired) electrons. The number of halogens is 24. The number of hydrogen-bond donors (Lipinski definition) is 0. The van der Waals surface area contributed by atoms with Crippen molar-refractivity contribution in [2.75, 3.05) is 0 Å². The van der Waals surface area contributed by atoms with E-state index < -0.39 is 195 Å². The van der Waals surface area contributed by atoms with Gasteiger partial charge in [0.25, 0.3) is 0 Å². The van der Waals surface area contributed by atoms with Crippen molar-refractivity contribution in [3.8, 4) is 0 Å². The Morgan fingerprint density at radius 1 is 0.284 bits per heavy atom. The van der Waals surface area contributed by atoms with E-state index in [0.717, 1.165) is 10.3 Å². The smallest absolute Gasteiger partial charge is 0.416 e. The maximum atomic E-state index is 14.2. The number of fused-ring (bicyclic) bond motifs is 1. The Morgan fingerprint density at radius 3 is 0.778 bits per heavy atom. The molecule has 1 heterocycles. The fourth-order valence-corrected chi connectivity index (χ4v) is 10.9. The molecule has 0 N–H and O–H groups in total. The molecule has 0 saturated heterocycles. The van der Waals surface area contributed by atoms with Crippen molar-refractivity contribution in [1.29, 1.82) is 0 Å². The Kier molecular flexibility index (Phi) is 16.2. The molecule has 2 nitrogen and oxygen atoms in total. The highest BCUT2D eigenvalue weighted by atomic mass is 32.2. The Hall–Kier alpha value is -7.52. The molecule has 0 aliphatic carbocycles. The minimum Gasteiger partial charge on any atom is -0.423 e. The van der Waals surface area contributed by atoms with Crippen LogP contribution in [0.2, 0.25) is 0 Å². The number of hydrogen-bond acceptors (Lipinski definition) is 2. The molecule has 0 aliphatic heterocycles. The highest BCUT2D eigenvalue weighted by Gasteiger charge is 2.47. The highest BCUT2D eigenvalue weighted by molar-refractivity contribution is 7.97. The van der Waals surface area contributed by atoms with Gasteiger partial charge in [-0.2, -0.15) is 127 Å². The summed E-state index contributed by atoms with van der Waals surface area (Å²) in [5.74, 6) is 0. The second-order valence-corrected chi connectivity index (χ2v) is 19.6. The zero-order chi connectivity index (χ0) is 60.3. The van der Waals surface area contributed by atoms with Crippen molar-refractivity contribution < 1.29 is 110 Å². The van der Waals surface area contributed by atoms with E-state index in [1.54, 1.807) is 6.07 Å². The second kappa shape index (κ2) is 21.4. The average molecular weight is 1190 g/mol. The van der Waals surface area contributed by atoms with Crippen LogP contribution in [0.25, 0.3) is 11.0 Å². The van der Waals surface area contributed by atoms with Gasteiger partial charge >= 0.3 is 55.0 Å². The van der Waals surface area contributed by atoms with Crippen molar-refractivity contribution in [3.63, 3.8) is 0 Å². The van der Waals surface area contributed by atoms with Crippen LogP contribution in [0.3, 0.4) is 0 Å². The molecule has 1 aromatic heterocycles. The minimum absolute atomic E-state index is 0.239. The van der Waals surface area contributed by atoms with Crippen molar-refractivity contribution in [2.24, 2.45) is 0 Å². The lowest BCUT2D eigenvalue weighted by Crippen LogP contribution is -2.75. The van der Waals surface area contributed by atoms with Crippen LogP contribution in [0.15, 0.2) is 188 Å². The van der Waals surface area contributed by atoms with Crippen molar-refractivity contribution >= 4 is 49.9 Å². The molecular weight excluding hydrogens is 1170 g/mol. The van der Waals surface area contributed by atoms with E-state index in [9.17, 15) is 110 Å². The predicted molar refractivity (Wildman–Crippen MR) is 248 cm³/mol. The standard InChI is InChI=1S/C32H12BF24.C21H15O2S/c34-25(35,36)13-1-14(26(37,38)39)6-21(5-13)33(22-7-15(27(40,41)42)2-16(8-22)28(43,44)45,23-9-17(29(46,47)48)3-18(10-23)30(49,50)51)24-11-19(31(52,53)54)4-20(12-24)32(55,56)57;22-21-14-12-16-11-13-19(15-20(16)23-21)24(17-7-3-1-4-8-17)18-9-5-2-6-10-18/h1-12H;1-15H/q-1;+1. The van der Waals surface area contributed by atoms with Gasteiger partial charge in [-0.25, -0.2) is 4.79 Å². The van der Waals surface area contributed by atoms with Crippen molar-refractivity contribution in [1.82, 2.24) is 0 Å². The fourth-order valence-electron chi connectivity index (χ4n) is 8.76. The molecule has 428 valence electrons. The Balaban J connectivity index is 0.000000323. The molecule has 0 spiro atoms. The van der Waals surface area contributed by atoms with E-state index in [4.69, 9.17) is 4.42 Å². The van der Waals surface area contributed by atoms with Gasteiger partial charge in [0.1, 0.15) is 11.7 Å². The number of alkyl halides is 24. The maximum Gasteiger partial charge on any atom is 0.416 e. The van der Waals surface area contributed by atoms with E-state index in [2.05, 4.69) is 54.6 Å². The van der Waals surface area contributed by atoms with Crippen LogP contribution in [0.4, 0.5) is 105 Å². The summed E-state index contributed by atoms with van der Waals surface area (Å²) in [7, 11) is -0.239. The Bertz CT molecular complexity index is 3150. The first kappa shape index (κ1) is 61.1. The van der Waals surface area contributed by atoms with Crippen molar-refractivity contribution in [3.05, 3.63) is 219 Å². The van der Waals surface area contributed by atoms with Gasteiger partial charge in [0.05, 0.1) is 55.4 Å². The fraction of sp³-hybridized carbons (Fsp3) is 0.151. The Morgan fingerprint density at radius 2 is 0.531 bits per heavy atom. The van der Waals surface area contributed by atoms with Crippen LogP contribution in [0.5, 0.6) is 0 Å². The van der Waals surface area contributed by atoms with Crippen LogP contribution in [0, 0.1) is 0 Å². The van der Waals surface area contributed by atoms with Crippen LogP contribution in [0.1, 0.15) is 44.5 Å². The van der Waals surface area contributed by atoms with Gasteiger partial charge < -0.3 is 4.42 Å². The molecule has 81 heavy (non-hydrogen) atoms. The van der Waals surface area contributed by atoms with Gasteiger partial charge in [-0.1, -0.05) is 84.9 Å². The average Bonchev–Trinajstić information content (AvgIpc) is 3.32. The van der Waals surface area contributed by atoms with Crippen LogP contribution in [-0.4, -0.2) is 6.15 Å². The van der Waals surface area contributed by atoms with Gasteiger partial charge in [-0.3, -0.25) is 0 Å². The third-order valence-corrected chi connectivity index (χ3v) is 14.4. The number of benzene rings is 7. The van der Waals surface area contributed by atoms with Crippen LogP contribution >= 0.6 is 0 Å². The summed E-state index contributed by atoms with van der Waals surface area (Å²) in [4.78, 5) is 15.1. The molecular formula is C53H27BF24O2S. The van der Waals surface area contributed by atoms with E-state index in [0.29, 0.717) is 5.58 Å². The molecule has 0 atom stereocenters. The topological polar surface area (TPSA) is 30.2 Å². The molecule has 28 heteroatoms. The first-order valence-corrected chi connectivity index (χ1v) is 23.5. The zero-order valence-corrected chi connectivity index (χ0v) is 40.3. The summed E-state index contributed by atoms with van der Waals surface area (Å²) >= 11 is 0. The van der Waals surface area contributed by atoms with E-state index in [1.807, 2.05) is 24.3 Å². The van der Waals surface area contributed by atoms with E-state index >= 15 is 0 Å². The summed E-state index contributed by atoms with van der Waals surface area (Å²) in [5, 5.41) is 0.933. The van der Waals surface area contributed by atoms with Crippen molar-refractivity contribution in [2.45, 2.75) is 64.1 Å².